The number of carbonyl (C=O) groups is 2. The van der Waals surface area contributed by atoms with Gasteiger partial charge in [-0.05, 0) is 33.6 Å². The van der Waals surface area contributed by atoms with Crippen LogP contribution in [0.3, 0.4) is 0 Å². The molecule has 0 aromatic heterocycles. The number of hydrazine groups is 1. The SMILES string of the molecule is CCCC(NC(=O)OC(C)(C)C)C(=O)C1CCN(N)C1. The number of carbonyl (C=O) groups excluding carboxylic acids is 2. The Labute approximate surface area is 121 Å². The molecule has 1 amide bonds. The van der Waals surface area contributed by atoms with E-state index in [9.17, 15) is 9.59 Å². The minimum atomic E-state index is -0.564. The molecule has 1 saturated heterocycles. The molecule has 1 rings (SSSR count). The molecular formula is C14H27N3O3. The number of rotatable bonds is 5. The van der Waals surface area contributed by atoms with E-state index >= 15 is 0 Å². The number of ether oxygens (including phenoxy) is 1. The Balaban J connectivity index is 2.59. The van der Waals surface area contributed by atoms with Crippen LogP contribution >= 0.6 is 0 Å². The van der Waals surface area contributed by atoms with Crippen LogP contribution in [-0.4, -0.2) is 41.6 Å². The summed E-state index contributed by atoms with van der Waals surface area (Å²) in [6, 6.07) is -0.480. The minimum Gasteiger partial charge on any atom is -0.444 e. The lowest BCUT2D eigenvalue weighted by Crippen LogP contribution is -2.46. The zero-order chi connectivity index (χ0) is 15.3. The first-order valence-corrected chi connectivity index (χ1v) is 7.26. The van der Waals surface area contributed by atoms with Crippen LogP contribution in [0.1, 0.15) is 47.0 Å². The first kappa shape index (κ1) is 16.9. The van der Waals surface area contributed by atoms with Gasteiger partial charge in [0.15, 0.2) is 5.78 Å². The fraction of sp³-hybridized carbons (Fsp3) is 0.857. The predicted molar refractivity (Wildman–Crippen MR) is 76.9 cm³/mol. The molecule has 1 aliphatic heterocycles. The predicted octanol–water partition coefficient (Wildman–Crippen LogP) is 1.44. The summed E-state index contributed by atoms with van der Waals surface area (Å²) in [5, 5.41) is 4.35. The largest absolute Gasteiger partial charge is 0.444 e. The fourth-order valence-corrected chi connectivity index (χ4v) is 2.33. The average molecular weight is 285 g/mol. The van der Waals surface area contributed by atoms with Gasteiger partial charge in [-0.15, -0.1) is 0 Å². The molecular weight excluding hydrogens is 258 g/mol. The number of amides is 1. The second-order valence-electron chi connectivity index (χ2n) is 6.37. The number of Topliss-reactive ketones (excluding diaryl/α,β-unsaturated/α-hetero) is 1. The number of nitrogens with zero attached hydrogens (tertiary/aromatic N) is 1. The van der Waals surface area contributed by atoms with Crippen molar-refractivity contribution in [1.82, 2.24) is 10.3 Å². The summed E-state index contributed by atoms with van der Waals surface area (Å²) in [7, 11) is 0. The van der Waals surface area contributed by atoms with Gasteiger partial charge in [0.25, 0.3) is 0 Å². The van der Waals surface area contributed by atoms with E-state index in [0.29, 0.717) is 13.0 Å². The first-order chi connectivity index (χ1) is 9.23. The van der Waals surface area contributed by atoms with Gasteiger partial charge in [0.1, 0.15) is 5.60 Å². The molecule has 2 atom stereocenters. The summed E-state index contributed by atoms with van der Waals surface area (Å²) < 4.78 is 5.21. The molecule has 0 spiro atoms. The van der Waals surface area contributed by atoms with Crippen molar-refractivity contribution >= 4 is 11.9 Å². The minimum absolute atomic E-state index is 0.0608. The highest BCUT2D eigenvalue weighted by molar-refractivity contribution is 5.89. The molecule has 1 fully saturated rings. The van der Waals surface area contributed by atoms with E-state index in [1.165, 1.54) is 0 Å². The van der Waals surface area contributed by atoms with Crippen LogP contribution < -0.4 is 11.2 Å². The molecule has 116 valence electrons. The second-order valence-corrected chi connectivity index (χ2v) is 6.37. The van der Waals surface area contributed by atoms with Crippen molar-refractivity contribution in [2.24, 2.45) is 11.8 Å². The smallest absolute Gasteiger partial charge is 0.408 e. The summed E-state index contributed by atoms with van der Waals surface area (Å²) >= 11 is 0. The van der Waals surface area contributed by atoms with Gasteiger partial charge in [-0.3, -0.25) is 10.6 Å². The van der Waals surface area contributed by atoms with Crippen LogP contribution in [0.15, 0.2) is 0 Å². The van der Waals surface area contributed by atoms with Crippen LogP contribution in [0.25, 0.3) is 0 Å². The van der Waals surface area contributed by atoms with Gasteiger partial charge in [0.05, 0.1) is 6.04 Å². The highest BCUT2D eigenvalue weighted by Gasteiger charge is 2.32. The van der Waals surface area contributed by atoms with E-state index in [4.69, 9.17) is 10.6 Å². The number of hydrogen-bond acceptors (Lipinski definition) is 5. The third-order valence-corrected chi connectivity index (χ3v) is 3.23. The summed E-state index contributed by atoms with van der Waals surface area (Å²) in [4.78, 5) is 24.2. The number of alkyl carbamates (subject to hydrolysis) is 1. The van der Waals surface area contributed by atoms with Gasteiger partial charge in [0, 0.05) is 19.0 Å². The quantitative estimate of drug-likeness (QED) is 0.747. The molecule has 0 aliphatic carbocycles. The van der Waals surface area contributed by atoms with Gasteiger partial charge < -0.3 is 10.1 Å². The average Bonchev–Trinajstić information content (AvgIpc) is 2.72. The highest BCUT2D eigenvalue weighted by Crippen LogP contribution is 2.18. The van der Waals surface area contributed by atoms with Crippen LogP contribution in [0, 0.1) is 5.92 Å². The number of hydrogen-bond donors (Lipinski definition) is 2. The maximum Gasteiger partial charge on any atom is 0.408 e. The summed E-state index contributed by atoms with van der Waals surface area (Å²) in [6.45, 7) is 8.67. The Morgan fingerprint density at radius 2 is 2.10 bits per heavy atom. The zero-order valence-electron chi connectivity index (χ0n) is 12.9. The van der Waals surface area contributed by atoms with Crippen molar-refractivity contribution in [3.05, 3.63) is 0 Å². The lowest BCUT2D eigenvalue weighted by Gasteiger charge is -2.24. The Hall–Kier alpha value is -1.14. The van der Waals surface area contributed by atoms with Gasteiger partial charge in [0.2, 0.25) is 0 Å². The third kappa shape index (κ3) is 5.46. The molecule has 0 aromatic rings. The molecule has 1 heterocycles. The van der Waals surface area contributed by atoms with Crippen molar-refractivity contribution in [2.45, 2.75) is 58.6 Å². The Kier molecular flexibility index (Phi) is 5.95. The maximum atomic E-state index is 12.4. The maximum absolute atomic E-state index is 12.4. The summed E-state index contributed by atoms with van der Waals surface area (Å²) in [6.07, 6.45) is 1.67. The molecule has 20 heavy (non-hydrogen) atoms. The highest BCUT2D eigenvalue weighted by atomic mass is 16.6. The van der Waals surface area contributed by atoms with Crippen molar-refractivity contribution in [3.8, 4) is 0 Å². The Morgan fingerprint density at radius 3 is 2.55 bits per heavy atom. The topological polar surface area (TPSA) is 84.7 Å². The Bertz CT molecular complexity index is 352. The molecule has 0 aromatic carbocycles. The third-order valence-electron chi connectivity index (χ3n) is 3.23. The molecule has 0 saturated carbocycles. The van der Waals surface area contributed by atoms with Crippen molar-refractivity contribution < 1.29 is 14.3 Å². The summed E-state index contributed by atoms with van der Waals surface area (Å²) in [5.74, 6) is 5.66. The Morgan fingerprint density at radius 1 is 1.45 bits per heavy atom. The van der Waals surface area contributed by atoms with E-state index in [-0.39, 0.29) is 11.7 Å². The standard InChI is InChI=1S/C14H27N3O3/c1-5-6-11(16-13(19)20-14(2,3)4)12(18)10-7-8-17(15)9-10/h10-11H,5-9,15H2,1-4H3,(H,16,19). The van der Waals surface area contributed by atoms with Crippen molar-refractivity contribution in [1.29, 1.82) is 0 Å². The van der Waals surface area contributed by atoms with E-state index in [2.05, 4.69) is 5.32 Å². The molecule has 2 unspecified atom stereocenters. The van der Waals surface area contributed by atoms with Crippen molar-refractivity contribution in [2.75, 3.05) is 13.1 Å². The number of nitrogens with one attached hydrogen (secondary N) is 1. The fourth-order valence-electron chi connectivity index (χ4n) is 2.33. The molecule has 6 nitrogen and oxygen atoms in total. The van der Waals surface area contributed by atoms with Gasteiger partial charge in [-0.1, -0.05) is 13.3 Å². The van der Waals surface area contributed by atoms with Crippen molar-refractivity contribution in [3.63, 3.8) is 0 Å². The monoisotopic (exact) mass is 285 g/mol. The number of ketones is 1. The van der Waals surface area contributed by atoms with Crippen LogP contribution in [-0.2, 0) is 9.53 Å². The van der Waals surface area contributed by atoms with Crippen LogP contribution in [0.5, 0.6) is 0 Å². The first-order valence-electron chi connectivity index (χ1n) is 7.26. The van der Waals surface area contributed by atoms with E-state index in [1.807, 2.05) is 6.92 Å². The number of nitrogens with two attached hydrogens (primary N) is 1. The van der Waals surface area contributed by atoms with Gasteiger partial charge in [-0.25, -0.2) is 9.80 Å². The normalized spacial score (nSPS) is 21.6. The van der Waals surface area contributed by atoms with Crippen LogP contribution in [0.4, 0.5) is 4.79 Å². The van der Waals surface area contributed by atoms with E-state index in [1.54, 1.807) is 25.8 Å². The van der Waals surface area contributed by atoms with Gasteiger partial charge >= 0.3 is 6.09 Å². The molecule has 1 aliphatic rings. The summed E-state index contributed by atoms with van der Waals surface area (Å²) in [5.41, 5.74) is -0.564. The molecule has 6 heteroatoms. The van der Waals surface area contributed by atoms with Gasteiger partial charge in [-0.2, -0.15) is 0 Å². The van der Waals surface area contributed by atoms with Crippen LogP contribution in [0.2, 0.25) is 0 Å². The van der Waals surface area contributed by atoms with E-state index < -0.39 is 17.7 Å². The molecule has 0 radical (unpaired) electrons. The lowest BCUT2D eigenvalue weighted by atomic mass is 9.94. The second kappa shape index (κ2) is 7.04. The van der Waals surface area contributed by atoms with E-state index in [0.717, 1.165) is 19.4 Å². The lowest BCUT2D eigenvalue weighted by molar-refractivity contribution is -0.124. The zero-order valence-corrected chi connectivity index (χ0v) is 12.9. The molecule has 3 N–H and O–H groups in total. The molecule has 0 bridgehead atoms.